The Bertz CT molecular complexity index is 159. The first kappa shape index (κ1) is 8.97. The number of halogens is 1. The molecule has 70 valence electrons. The monoisotopic (exact) mass is 234 g/mol. The van der Waals surface area contributed by atoms with Crippen molar-refractivity contribution in [1.82, 2.24) is 0 Å². The Balaban J connectivity index is 1.76. The maximum absolute atomic E-state index is 5.88. The van der Waals surface area contributed by atoms with E-state index in [0.29, 0.717) is 10.9 Å². The SMILES string of the molecule is CC(OC1COCC1Br)C1CC1. The van der Waals surface area contributed by atoms with Crippen LogP contribution in [-0.2, 0) is 9.47 Å². The maximum Gasteiger partial charge on any atom is 0.0959 e. The lowest BCUT2D eigenvalue weighted by Gasteiger charge is -2.19. The topological polar surface area (TPSA) is 18.5 Å². The van der Waals surface area contributed by atoms with Gasteiger partial charge in [-0.1, -0.05) is 15.9 Å². The molecule has 2 fully saturated rings. The van der Waals surface area contributed by atoms with Crippen molar-refractivity contribution in [3.05, 3.63) is 0 Å². The molecule has 12 heavy (non-hydrogen) atoms. The molecule has 3 heteroatoms. The van der Waals surface area contributed by atoms with Crippen molar-refractivity contribution in [2.24, 2.45) is 5.92 Å². The van der Waals surface area contributed by atoms with Crippen LogP contribution in [0.5, 0.6) is 0 Å². The second-order valence-corrected chi connectivity index (χ2v) is 4.95. The first-order chi connectivity index (χ1) is 5.77. The first-order valence-corrected chi connectivity index (χ1v) is 5.56. The van der Waals surface area contributed by atoms with Crippen molar-refractivity contribution < 1.29 is 9.47 Å². The Labute approximate surface area is 81.7 Å². The molecule has 1 saturated heterocycles. The minimum absolute atomic E-state index is 0.278. The van der Waals surface area contributed by atoms with Crippen LogP contribution >= 0.6 is 15.9 Å². The summed E-state index contributed by atoms with van der Waals surface area (Å²) in [6.45, 7) is 3.73. The average Bonchev–Trinajstić information content (AvgIpc) is 2.80. The van der Waals surface area contributed by atoms with Crippen molar-refractivity contribution in [2.45, 2.75) is 36.8 Å². The van der Waals surface area contributed by atoms with E-state index in [1.165, 1.54) is 12.8 Å². The van der Waals surface area contributed by atoms with Crippen LogP contribution in [-0.4, -0.2) is 30.2 Å². The standard InChI is InChI=1S/C9H15BrO2/c1-6(7-2-3-7)12-9-5-11-4-8(9)10/h6-9H,2-5H2,1H3. The fourth-order valence-electron chi connectivity index (χ4n) is 1.59. The predicted molar refractivity (Wildman–Crippen MR) is 50.6 cm³/mol. The van der Waals surface area contributed by atoms with Crippen LogP contribution in [0.1, 0.15) is 19.8 Å². The van der Waals surface area contributed by atoms with E-state index in [0.717, 1.165) is 19.1 Å². The van der Waals surface area contributed by atoms with Gasteiger partial charge in [0.05, 0.1) is 30.2 Å². The highest BCUT2D eigenvalue weighted by molar-refractivity contribution is 9.09. The van der Waals surface area contributed by atoms with Crippen LogP contribution in [0.15, 0.2) is 0 Å². The summed E-state index contributed by atoms with van der Waals surface area (Å²) < 4.78 is 11.2. The molecular formula is C9H15BrO2. The van der Waals surface area contributed by atoms with Gasteiger partial charge < -0.3 is 9.47 Å². The quantitative estimate of drug-likeness (QED) is 0.696. The molecule has 1 aliphatic heterocycles. The van der Waals surface area contributed by atoms with E-state index in [-0.39, 0.29) is 6.10 Å². The summed E-state index contributed by atoms with van der Waals surface area (Å²) in [6, 6.07) is 0. The lowest BCUT2D eigenvalue weighted by Crippen LogP contribution is -2.27. The van der Waals surface area contributed by atoms with Crippen LogP contribution in [0.4, 0.5) is 0 Å². The summed E-state index contributed by atoms with van der Waals surface area (Å²) in [5.41, 5.74) is 0. The number of hydrogen-bond acceptors (Lipinski definition) is 2. The molecule has 0 aromatic heterocycles. The highest BCUT2D eigenvalue weighted by Crippen LogP contribution is 2.35. The Hall–Kier alpha value is 0.400. The predicted octanol–water partition coefficient (Wildman–Crippen LogP) is 1.96. The third-order valence-electron chi connectivity index (χ3n) is 2.64. The van der Waals surface area contributed by atoms with Crippen LogP contribution in [0, 0.1) is 5.92 Å². The third kappa shape index (κ3) is 2.01. The van der Waals surface area contributed by atoms with E-state index in [2.05, 4.69) is 22.9 Å². The fraction of sp³-hybridized carbons (Fsp3) is 1.00. The van der Waals surface area contributed by atoms with E-state index in [4.69, 9.17) is 9.47 Å². The number of rotatable bonds is 3. The second-order valence-electron chi connectivity index (χ2n) is 3.77. The Morgan fingerprint density at radius 3 is 2.67 bits per heavy atom. The van der Waals surface area contributed by atoms with Crippen molar-refractivity contribution in [1.29, 1.82) is 0 Å². The van der Waals surface area contributed by atoms with Gasteiger partial charge in [-0.2, -0.15) is 0 Å². The molecule has 0 amide bonds. The number of alkyl halides is 1. The van der Waals surface area contributed by atoms with Crippen LogP contribution in [0.2, 0.25) is 0 Å². The summed E-state index contributed by atoms with van der Waals surface area (Å²) in [6.07, 6.45) is 3.40. The summed E-state index contributed by atoms with van der Waals surface area (Å²) >= 11 is 3.55. The van der Waals surface area contributed by atoms with Gasteiger partial charge in [0, 0.05) is 0 Å². The van der Waals surface area contributed by atoms with Gasteiger partial charge in [-0.25, -0.2) is 0 Å². The van der Waals surface area contributed by atoms with Gasteiger partial charge in [0.1, 0.15) is 0 Å². The van der Waals surface area contributed by atoms with Crippen LogP contribution in [0.3, 0.4) is 0 Å². The van der Waals surface area contributed by atoms with Crippen LogP contribution < -0.4 is 0 Å². The highest BCUT2D eigenvalue weighted by atomic mass is 79.9. The normalized spacial score (nSPS) is 38.5. The Kier molecular flexibility index (Phi) is 2.72. The lowest BCUT2D eigenvalue weighted by molar-refractivity contribution is -0.0145. The second kappa shape index (κ2) is 3.64. The lowest BCUT2D eigenvalue weighted by atomic mass is 10.2. The van der Waals surface area contributed by atoms with Crippen molar-refractivity contribution >= 4 is 15.9 Å². The summed E-state index contributed by atoms with van der Waals surface area (Å²) in [5.74, 6) is 0.824. The van der Waals surface area contributed by atoms with E-state index in [9.17, 15) is 0 Å². The average molecular weight is 235 g/mol. The van der Waals surface area contributed by atoms with E-state index < -0.39 is 0 Å². The van der Waals surface area contributed by atoms with Crippen LogP contribution in [0.25, 0.3) is 0 Å². The van der Waals surface area contributed by atoms with Gasteiger partial charge in [-0.05, 0) is 25.7 Å². The van der Waals surface area contributed by atoms with Gasteiger partial charge in [0.15, 0.2) is 0 Å². The van der Waals surface area contributed by atoms with Gasteiger partial charge >= 0.3 is 0 Å². The number of ether oxygens (including phenoxy) is 2. The minimum Gasteiger partial charge on any atom is -0.377 e. The number of hydrogen-bond donors (Lipinski definition) is 0. The Morgan fingerprint density at radius 1 is 1.42 bits per heavy atom. The van der Waals surface area contributed by atoms with Crippen molar-refractivity contribution in [2.75, 3.05) is 13.2 Å². The third-order valence-corrected chi connectivity index (χ3v) is 3.49. The molecule has 0 aromatic carbocycles. The zero-order valence-electron chi connectivity index (χ0n) is 7.33. The van der Waals surface area contributed by atoms with Gasteiger partial charge in [0.2, 0.25) is 0 Å². The molecule has 0 bridgehead atoms. The van der Waals surface area contributed by atoms with E-state index in [1.54, 1.807) is 0 Å². The zero-order valence-corrected chi connectivity index (χ0v) is 8.92. The first-order valence-electron chi connectivity index (χ1n) is 4.64. The summed E-state index contributed by atoms with van der Waals surface area (Å²) in [4.78, 5) is 0.402. The molecule has 3 atom stereocenters. The molecule has 2 nitrogen and oxygen atoms in total. The summed E-state index contributed by atoms with van der Waals surface area (Å²) in [5, 5.41) is 0. The van der Waals surface area contributed by atoms with E-state index >= 15 is 0 Å². The van der Waals surface area contributed by atoms with Crippen molar-refractivity contribution in [3.8, 4) is 0 Å². The molecule has 2 rings (SSSR count). The van der Waals surface area contributed by atoms with Gasteiger partial charge in [-0.15, -0.1) is 0 Å². The maximum atomic E-state index is 5.88. The molecule has 3 unspecified atom stereocenters. The molecule has 0 aromatic rings. The molecule has 0 radical (unpaired) electrons. The van der Waals surface area contributed by atoms with E-state index in [1.807, 2.05) is 0 Å². The van der Waals surface area contributed by atoms with Gasteiger partial charge in [-0.3, -0.25) is 0 Å². The largest absolute Gasteiger partial charge is 0.377 e. The van der Waals surface area contributed by atoms with Gasteiger partial charge in [0.25, 0.3) is 0 Å². The molecule has 1 saturated carbocycles. The molecule has 2 aliphatic rings. The Morgan fingerprint density at radius 2 is 2.17 bits per heavy atom. The molecular weight excluding hydrogens is 220 g/mol. The summed E-state index contributed by atoms with van der Waals surface area (Å²) in [7, 11) is 0. The molecule has 0 N–H and O–H groups in total. The highest BCUT2D eigenvalue weighted by Gasteiger charge is 2.34. The minimum atomic E-state index is 0.278. The smallest absolute Gasteiger partial charge is 0.0959 e. The zero-order chi connectivity index (χ0) is 8.55. The fourth-order valence-corrected chi connectivity index (χ4v) is 2.05. The molecule has 0 spiro atoms. The molecule has 1 aliphatic carbocycles. The van der Waals surface area contributed by atoms with Crippen molar-refractivity contribution in [3.63, 3.8) is 0 Å². The molecule has 1 heterocycles.